The van der Waals surface area contributed by atoms with Crippen molar-refractivity contribution in [2.24, 2.45) is 0 Å². The smallest absolute Gasteiger partial charge is 0.344 e. The monoisotopic (exact) mass is 459 g/mol. The highest BCUT2D eigenvalue weighted by atomic mass is 16.5. The van der Waals surface area contributed by atoms with Gasteiger partial charge in [0.1, 0.15) is 11.5 Å². The van der Waals surface area contributed by atoms with Crippen molar-refractivity contribution in [3.63, 3.8) is 0 Å². The molecule has 0 spiro atoms. The van der Waals surface area contributed by atoms with Gasteiger partial charge in [0.15, 0.2) is 5.78 Å². The van der Waals surface area contributed by atoms with Gasteiger partial charge in [0.25, 0.3) is 0 Å². The molecule has 4 aromatic carbocycles. The predicted molar refractivity (Wildman–Crippen MR) is 135 cm³/mol. The van der Waals surface area contributed by atoms with E-state index in [1.165, 1.54) is 0 Å². The second kappa shape index (κ2) is 9.61. The number of hydrogen-bond acceptors (Lipinski definition) is 5. The molecule has 5 aromatic rings. The standard InChI is InChI=1S/C30H21NO4/c1-34-23-15-11-20(12-16-23)28-19-26(25-9-5-6-10-27(25)31-28)30(33)35-24-17-13-22(14-18-24)29(32)21-7-3-2-4-8-21/h2-19H,1H3. The second-order valence-corrected chi connectivity index (χ2v) is 7.91. The van der Waals surface area contributed by atoms with Crippen LogP contribution in [0.4, 0.5) is 0 Å². The fourth-order valence-electron chi connectivity index (χ4n) is 3.85. The maximum absolute atomic E-state index is 13.2. The topological polar surface area (TPSA) is 65.5 Å². The van der Waals surface area contributed by atoms with E-state index in [9.17, 15) is 9.59 Å². The molecule has 0 aliphatic heterocycles. The predicted octanol–water partition coefficient (Wildman–Crippen LogP) is 6.36. The second-order valence-electron chi connectivity index (χ2n) is 7.91. The van der Waals surface area contributed by atoms with E-state index in [-0.39, 0.29) is 5.78 Å². The van der Waals surface area contributed by atoms with E-state index >= 15 is 0 Å². The first kappa shape index (κ1) is 22.0. The van der Waals surface area contributed by atoms with Crippen LogP contribution in [0.5, 0.6) is 11.5 Å². The lowest BCUT2D eigenvalue weighted by Crippen LogP contribution is -2.10. The molecule has 170 valence electrons. The lowest BCUT2D eigenvalue weighted by molar-refractivity contribution is 0.0736. The summed E-state index contributed by atoms with van der Waals surface area (Å²) >= 11 is 0. The van der Waals surface area contributed by atoms with Gasteiger partial charge in [-0.15, -0.1) is 0 Å². The van der Waals surface area contributed by atoms with E-state index < -0.39 is 5.97 Å². The summed E-state index contributed by atoms with van der Waals surface area (Å²) in [4.78, 5) is 30.6. The van der Waals surface area contributed by atoms with Gasteiger partial charge in [-0.2, -0.15) is 0 Å². The van der Waals surface area contributed by atoms with E-state index in [0.717, 1.165) is 11.3 Å². The maximum Gasteiger partial charge on any atom is 0.344 e. The number of nitrogens with zero attached hydrogens (tertiary/aromatic N) is 1. The first-order valence-electron chi connectivity index (χ1n) is 11.1. The number of hydrogen-bond donors (Lipinski definition) is 0. The van der Waals surface area contributed by atoms with Crippen molar-refractivity contribution < 1.29 is 19.1 Å². The summed E-state index contributed by atoms with van der Waals surface area (Å²) < 4.78 is 10.9. The Hall–Kier alpha value is -4.77. The highest BCUT2D eigenvalue weighted by molar-refractivity contribution is 6.09. The van der Waals surface area contributed by atoms with Gasteiger partial charge in [-0.05, 0) is 60.7 Å². The quantitative estimate of drug-likeness (QED) is 0.168. The summed E-state index contributed by atoms with van der Waals surface area (Å²) in [7, 11) is 1.61. The van der Waals surface area contributed by atoms with E-state index in [2.05, 4.69) is 0 Å². The van der Waals surface area contributed by atoms with Crippen molar-refractivity contribution in [1.82, 2.24) is 4.98 Å². The zero-order chi connectivity index (χ0) is 24.2. The van der Waals surface area contributed by atoms with E-state index in [1.807, 2.05) is 66.7 Å². The number of rotatable bonds is 6. The molecule has 1 aromatic heterocycles. The Morgan fingerprint density at radius 2 is 1.31 bits per heavy atom. The molecule has 0 atom stereocenters. The first-order valence-corrected chi connectivity index (χ1v) is 11.1. The maximum atomic E-state index is 13.2. The van der Waals surface area contributed by atoms with Crippen LogP contribution in [0.1, 0.15) is 26.3 Å². The molecule has 0 aliphatic rings. The van der Waals surface area contributed by atoms with Crippen LogP contribution in [0.25, 0.3) is 22.2 Å². The Balaban J connectivity index is 1.43. The summed E-state index contributed by atoms with van der Waals surface area (Å²) in [6.07, 6.45) is 0. The zero-order valence-electron chi connectivity index (χ0n) is 19.0. The van der Waals surface area contributed by atoms with Crippen LogP contribution >= 0.6 is 0 Å². The number of ketones is 1. The van der Waals surface area contributed by atoms with Gasteiger partial charge in [0, 0.05) is 22.1 Å². The number of methoxy groups -OCH3 is 1. The van der Waals surface area contributed by atoms with E-state index in [1.54, 1.807) is 49.6 Å². The number of carbonyl (C=O) groups excluding carboxylic acids is 2. The van der Waals surface area contributed by atoms with Crippen molar-refractivity contribution in [2.75, 3.05) is 7.11 Å². The molecule has 0 amide bonds. The summed E-state index contributed by atoms with van der Waals surface area (Å²) in [5.41, 5.74) is 3.73. The van der Waals surface area contributed by atoms with Crippen LogP contribution in [-0.2, 0) is 0 Å². The van der Waals surface area contributed by atoms with Crippen LogP contribution in [0.15, 0.2) is 109 Å². The van der Waals surface area contributed by atoms with Gasteiger partial charge in [0.05, 0.1) is 23.9 Å². The Morgan fingerprint density at radius 1 is 0.686 bits per heavy atom. The number of esters is 1. The van der Waals surface area contributed by atoms with Gasteiger partial charge in [-0.1, -0.05) is 48.5 Å². The third-order valence-electron chi connectivity index (χ3n) is 5.68. The van der Waals surface area contributed by atoms with Crippen LogP contribution in [-0.4, -0.2) is 23.8 Å². The number of benzene rings is 4. The number of ether oxygens (including phenoxy) is 2. The molecule has 0 aliphatic carbocycles. The first-order chi connectivity index (χ1) is 17.1. The van der Waals surface area contributed by atoms with Crippen LogP contribution < -0.4 is 9.47 Å². The number of carbonyl (C=O) groups is 2. The molecule has 0 fully saturated rings. The molecule has 0 unspecified atom stereocenters. The Bertz CT molecular complexity index is 1510. The molecule has 5 rings (SSSR count). The van der Waals surface area contributed by atoms with Crippen molar-refractivity contribution in [1.29, 1.82) is 0 Å². The lowest BCUT2D eigenvalue weighted by atomic mass is 10.0. The summed E-state index contributed by atoms with van der Waals surface area (Å²) in [5.74, 6) is 0.503. The summed E-state index contributed by atoms with van der Waals surface area (Å²) in [6, 6.07) is 32.3. The molecule has 0 N–H and O–H groups in total. The summed E-state index contributed by atoms with van der Waals surface area (Å²) in [5, 5.41) is 0.700. The minimum absolute atomic E-state index is 0.0901. The molecule has 0 radical (unpaired) electrons. The van der Waals surface area contributed by atoms with Crippen LogP contribution in [0.2, 0.25) is 0 Å². The molecular weight excluding hydrogens is 438 g/mol. The zero-order valence-corrected chi connectivity index (χ0v) is 19.0. The SMILES string of the molecule is COc1ccc(-c2cc(C(=O)Oc3ccc(C(=O)c4ccccc4)cc3)c3ccccc3n2)cc1. The molecule has 1 heterocycles. The average molecular weight is 460 g/mol. The van der Waals surface area contributed by atoms with Gasteiger partial charge >= 0.3 is 5.97 Å². The minimum Gasteiger partial charge on any atom is -0.497 e. The van der Waals surface area contributed by atoms with Gasteiger partial charge in [-0.3, -0.25) is 4.79 Å². The number of pyridine rings is 1. The van der Waals surface area contributed by atoms with Crippen molar-refractivity contribution in [3.8, 4) is 22.8 Å². The fourth-order valence-corrected chi connectivity index (χ4v) is 3.85. The Labute approximate surface area is 202 Å². The largest absolute Gasteiger partial charge is 0.497 e. The van der Waals surface area contributed by atoms with E-state index in [0.29, 0.717) is 39.0 Å². The molecular formula is C30H21NO4. The molecule has 5 nitrogen and oxygen atoms in total. The third kappa shape index (κ3) is 4.66. The number of fused-ring (bicyclic) bond motifs is 1. The van der Waals surface area contributed by atoms with Crippen molar-refractivity contribution in [3.05, 3.63) is 126 Å². The van der Waals surface area contributed by atoms with Gasteiger partial charge in [0.2, 0.25) is 0 Å². The Morgan fingerprint density at radius 3 is 2.03 bits per heavy atom. The van der Waals surface area contributed by atoms with Crippen molar-refractivity contribution >= 4 is 22.7 Å². The lowest BCUT2D eigenvalue weighted by Gasteiger charge is -2.11. The molecule has 35 heavy (non-hydrogen) atoms. The number of para-hydroxylation sites is 1. The van der Waals surface area contributed by atoms with Crippen molar-refractivity contribution in [2.45, 2.75) is 0 Å². The van der Waals surface area contributed by atoms with E-state index in [4.69, 9.17) is 14.5 Å². The molecule has 0 saturated heterocycles. The van der Waals surface area contributed by atoms with Gasteiger partial charge < -0.3 is 9.47 Å². The molecule has 5 heteroatoms. The molecule has 0 bridgehead atoms. The normalized spacial score (nSPS) is 10.7. The highest BCUT2D eigenvalue weighted by Crippen LogP contribution is 2.27. The van der Waals surface area contributed by atoms with Crippen LogP contribution in [0.3, 0.4) is 0 Å². The fraction of sp³-hybridized carbons (Fsp3) is 0.0333. The Kier molecular flexibility index (Phi) is 6.05. The third-order valence-corrected chi connectivity index (χ3v) is 5.68. The van der Waals surface area contributed by atoms with Gasteiger partial charge in [-0.25, -0.2) is 9.78 Å². The highest BCUT2D eigenvalue weighted by Gasteiger charge is 2.17. The number of aromatic nitrogens is 1. The minimum atomic E-state index is -0.500. The average Bonchev–Trinajstić information content (AvgIpc) is 2.93. The van der Waals surface area contributed by atoms with Crippen LogP contribution in [0, 0.1) is 0 Å². The molecule has 0 saturated carbocycles. The summed E-state index contributed by atoms with van der Waals surface area (Å²) in [6.45, 7) is 0.